The van der Waals surface area contributed by atoms with Gasteiger partial charge < -0.3 is 5.32 Å². The van der Waals surface area contributed by atoms with Crippen LogP contribution in [0.3, 0.4) is 0 Å². The summed E-state index contributed by atoms with van der Waals surface area (Å²) in [5, 5.41) is 9.92. The predicted octanol–water partition coefficient (Wildman–Crippen LogP) is 4.66. The van der Waals surface area contributed by atoms with E-state index in [-0.39, 0.29) is 0 Å². The van der Waals surface area contributed by atoms with Crippen molar-refractivity contribution >= 4 is 6.72 Å². The van der Waals surface area contributed by atoms with Gasteiger partial charge in [0.05, 0.1) is 0 Å². The van der Waals surface area contributed by atoms with Crippen LogP contribution in [0, 0.1) is 17.3 Å². The first-order valence-electron chi connectivity index (χ1n) is 9.10. The van der Waals surface area contributed by atoms with Crippen LogP contribution in [0.25, 0.3) is 0 Å². The molecule has 1 saturated carbocycles. The highest BCUT2D eigenvalue weighted by Gasteiger charge is 2.41. The highest BCUT2D eigenvalue weighted by molar-refractivity contribution is 5.23. The number of nitrogens with zero attached hydrogens (tertiary/aromatic N) is 2. The van der Waals surface area contributed by atoms with Crippen molar-refractivity contribution in [2.75, 3.05) is 19.6 Å². The summed E-state index contributed by atoms with van der Waals surface area (Å²) >= 11 is 0. The number of hydrogen-bond acceptors (Lipinski definition) is 3. The summed E-state index contributed by atoms with van der Waals surface area (Å²) in [6.07, 6.45) is 8.46. The summed E-state index contributed by atoms with van der Waals surface area (Å²) in [6, 6.07) is 0. The van der Waals surface area contributed by atoms with Gasteiger partial charge in [-0.25, -0.2) is 0 Å². The van der Waals surface area contributed by atoms with Crippen LogP contribution in [0.1, 0.15) is 66.7 Å². The van der Waals surface area contributed by atoms with Crippen LogP contribution in [0.5, 0.6) is 0 Å². The highest BCUT2D eigenvalue weighted by Crippen LogP contribution is 2.47. The lowest BCUT2D eigenvalue weighted by Crippen LogP contribution is -2.35. The lowest BCUT2D eigenvalue weighted by atomic mass is 9.74. The molecule has 0 aromatic rings. The average molecular weight is 308 g/mol. The van der Waals surface area contributed by atoms with Gasteiger partial charge in [0.15, 0.2) is 0 Å². The smallest absolute Gasteiger partial charge is 0.0447 e. The molecule has 1 aliphatic rings. The second-order valence-corrected chi connectivity index (χ2v) is 7.25. The average Bonchev–Trinajstić information content (AvgIpc) is 3.34. The minimum atomic E-state index is 0.382. The molecule has 1 N–H and O–H groups in total. The summed E-state index contributed by atoms with van der Waals surface area (Å²) in [5.41, 5.74) is 1.71. The molecule has 128 valence electrons. The van der Waals surface area contributed by atoms with Crippen LogP contribution in [-0.4, -0.2) is 31.4 Å². The van der Waals surface area contributed by atoms with Crippen molar-refractivity contribution in [2.24, 2.45) is 22.4 Å². The normalized spacial score (nSPS) is 17.4. The van der Waals surface area contributed by atoms with Crippen molar-refractivity contribution in [1.82, 2.24) is 10.3 Å². The van der Waals surface area contributed by atoms with Gasteiger partial charge in [-0.3, -0.25) is 5.01 Å². The van der Waals surface area contributed by atoms with Crippen molar-refractivity contribution in [3.8, 4) is 0 Å². The summed E-state index contributed by atoms with van der Waals surface area (Å²) in [6.45, 7) is 18.4. The van der Waals surface area contributed by atoms with Gasteiger partial charge >= 0.3 is 0 Å². The number of hydrogen-bond donors (Lipinski definition) is 1. The molecule has 0 heterocycles. The molecule has 1 aliphatic carbocycles. The molecule has 3 nitrogen and oxygen atoms in total. The Morgan fingerprint density at radius 2 is 2.09 bits per heavy atom. The van der Waals surface area contributed by atoms with E-state index in [0.29, 0.717) is 11.3 Å². The molecule has 0 aliphatic heterocycles. The molecule has 1 fully saturated rings. The van der Waals surface area contributed by atoms with Crippen molar-refractivity contribution in [3.05, 3.63) is 11.8 Å². The van der Waals surface area contributed by atoms with Crippen molar-refractivity contribution in [2.45, 2.75) is 66.7 Å². The van der Waals surface area contributed by atoms with Gasteiger partial charge in [-0.2, -0.15) is 5.10 Å². The zero-order valence-corrected chi connectivity index (χ0v) is 15.5. The molecule has 0 amide bonds. The van der Waals surface area contributed by atoms with Crippen molar-refractivity contribution in [1.29, 1.82) is 0 Å². The third-order valence-corrected chi connectivity index (χ3v) is 5.35. The van der Waals surface area contributed by atoms with Gasteiger partial charge in [-0.1, -0.05) is 40.2 Å². The van der Waals surface area contributed by atoms with Gasteiger partial charge in [-0.15, -0.1) is 0 Å². The first-order chi connectivity index (χ1) is 10.5. The summed E-state index contributed by atoms with van der Waals surface area (Å²) in [5.74, 6) is 1.60. The third-order valence-electron chi connectivity index (χ3n) is 5.35. The Hall–Kier alpha value is -0.830. The Morgan fingerprint density at radius 3 is 2.55 bits per heavy atom. The third kappa shape index (κ3) is 5.75. The van der Waals surface area contributed by atoms with E-state index in [1.54, 1.807) is 0 Å². The van der Waals surface area contributed by atoms with Gasteiger partial charge in [0.1, 0.15) is 0 Å². The molecular formula is C19H37N3. The van der Waals surface area contributed by atoms with Gasteiger partial charge in [0.25, 0.3) is 0 Å². The van der Waals surface area contributed by atoms with E-state index in [2.05, 4.69) is 62.8 Å². The lowest BCUT2D eigenvalue weighted by molar-refractivity contribution is 0.129. The van der Waals surface area contributed by atoms with E-state index in [0.717, 1.165) is 38.4 Å². The van der Waals surface area contributed by atoms with Gasteiger partial charge in [-0.05, 0) is 62.9 Å². The SMILES string of the molecule is C=NN(CC(C1CC1)C(C)(C)CC)/C(=C\C)CCCNCC. The minimum Gasteiger partial charge on any atom is -0.317 e. The molecule has 0 aromatic heterocycles. The predicted molar refractivity (Wildman–Crippen MR) is 98.1 cm³/mol. The lowest BCUT2D eigenvalue weighted by Gasteiger charge is -2.37. The van der Waals surface area contributed by atoms with Crippen LogP contribution in [0.2, 0.25) is 0 Å². The standard InChI is InChI=1S/C19H37N3/c1-7-17(11-10-14-21-9-3)22(20-6)15-18(16-12-13-16)19(4,5)8-2/h7,16,18,21H,6,8-15H2,1-5H3/b17-7-. The maximum Gasteiger partial charge on any atom is 0.0447 e. The molecule has 0 spiro atoms. The van der Waals surface area contributed by atoms with Crippen LogP contribution in [0.4, 0.5) is 0 Å². The van der Waals surface area contributed by atoms with E-state index in [4.69, 9.17) is 0 Å². The number of hydrazone groups is 1. The van der Waals surface area contributed by atoms with Crippen LogP contribution < -0.4 is 5.32 Å². The monoisotopic (exact) mass is 307 g/mol. The Morgan fingerprint density at radius 1 is 1.41 bits per heavy atom. The summed E-state index contributed by atoms with van der Waals surface area (Å²) < 4.78 is 0. The van der Waals surface area contributed by atoms with Crippen molar-refractivity contribution < 1.29 is 0 Å². The minimum absolute atomic E-state index is 0.382. The zero-order chi connectivity index (χ0) is 16.6. The largest absolute Gasteiger partial charge is 0.317 e. The molecule has 0 bridgehead atoms. The summed E-state index contributed by atoms with van der Waals surface area (Å²) in [7, 11) is 0. The Labute approximate surface area is 138 Å². The first kappa shape index (κ1) is 19.2. The number of nitrogens with one attached hydrogen (secondary N) is 1. The number of allylic oxidation sites excluding steroid dienone is 2. The molecule has 0 radical (unpaired) electrons. The maximum atomic E-state index is 4.35. The molecule has 1 rings (SSSR count). The Bertz CT molecular complexity index is 356. The van der Waals surface area contributed by atoms with Gasteiger partial charge in [0.2, 0.25) is 0 Å². The highest BCUT2D eigenvalue weighted by atomic mass is 15.4. The van der Waals surface area contributed by atoms with Gasteiger partial charge in [0, 0.05) is 19.0 Å². The second kappa shape index (κ2) is 9.34. The summed E-state index contributed by atoms with van der Waals surface area (Å²) in [4.78, 5) is 0. The topological polar surface area (TPSA) is 27.6 Å². The quantitative estimate of drug-likeness (QED) is 0.322. The van der Waals surface area contributed by atoms with E-state index < -0.39 is 0 Å². The fraction of sp³-hybridized carbons (Fsp3) is 0.842. The Balaban J connectivity index is 2.65. The molecular weight excluding hydrogens is 270 g/mol. The van der Waals surface area contributed by atoms with E-state index in [1.807, 2.05) is 0 Å². The molecule has 1 atom stereocenters. The molecule has 0 aromatic carbocycles. The van der Waals surface area contributed by atoms with E-state index in [1.165, 1.54) is 25.0 Å². The zero-order valence-electron chi connectivity index (χ0n) is 15.5. The first-order valence-corrected chi connectivity index (χ1v) is 9.10. The molecule has 22 heavy (non-hydrogen) atoms. The Kier molecular flexibility index (Phi) is 8.16. The fourth-order valence-corrected chi connectivity index (χ4v) is 3.24. The second-order valence-electron chi connectivity index (χ2n) is 7.25. The van der Waals surface area contributed by atoms with Crippen LogP contribution in [0.15, 0.2) is 16.9 Å². The fourth-order valence-electron chi connectivity index (χ4n) is 3.24. The van der Waals surface area contributed by atoms with E-state index >= 15 is 0 Å². The van der Waals surface area contributed by atoms with Crippen LogP contribution in [-0.2, 0) is 0 Å². The van der Waals surface area contributed by atoms with Crippen LogP contribution >= 0.6 is 0 Å². The molecule has 3 heteroatoms. The maximum absolute atomic E-state index is 4.35. The molecule has 1 unspecified atom stereocenters. The van der Waals surface area contributed by atoms with E-state index in [9.17, 15) is 0 Å². The van der Waals surface area contributed by atoms with Crippen molar-refractivity contribution in [3.63, 3.8) is 0 Å². The number of rotatable bonds is 12. The molecule has 0 saturated heterocycles.